The lowest BCUT2D eigenvalue weighted by Gasteiger charge is -2.30. The molecule has 1 heterocycles. The Morgan fingerprint density at radius 2 is 1.81 bits per heavy atom. The fourth-order valence-electron chi connectivity index (χ4n) is 2.47. The van der Waals surface area contributed by atoms with Gasteiger partial charge in [0.2, 0.25) is 0 Å². The Balaban J connectivity index is 2.49. The summed E-state index contributed by atoms with van der Waals surface area (Å²) in [6, 6.07) is -0.149. The first-order valence-corrected chi connectivity index (χ1v) is 7.91. The molecule has 1 saturated heterocycles. The second-order valence-corrected chi connectivity index (χ2v) is 5.83. The maximum atomic E-state index is 5.88. The van der Waals surface area contributed by atoms with Crippen molar-refractivity contribution in [3.8, 4) is 0 Å². The predicted octanol–water partition coefficient (Wildman–Crippen LogP) is 1.85. The van der Waals surface area contributed by atoms with Crippen molar-refractivity contribution < 1.29 is 23.6 Å². The van der Waals surface area contributed by atoms with Crippen molar-refractivity contribution in [1.82, 2.24) is 0 Å². The zero-order chi connectivity index (χ0) is 15.4. The maximum Gasteiger partial charge on any atom is 0.326 e. The third-order valence-corrected chi connectivity index (χ3v) is 3.66. The van der Waals surface area contributed by atoms with E-state index >= 15 is 0 Å². The maximum absolute atomic E-state index is 5.88. The van der Waals surface area contributed by atoms with Crippen LogP contribution >= 0.6 is 0 Å². The first-order valence-electron chi connectivity index (χ1n) is 7.91. The summed E-state index contributed by atoms with van der Waals surface area (Å²) in [5.74, 6) is 0. The molecule has 2 unspecified atom stereocenters. The van der Waals surface area contributed by atoms with Gasteiger partial charge in [0.1, 0.15) is 0 Å². The molecule has 0 spiro atoms. The Morgan fingerprint density at radius 3 is 2.52 bits per heavy atom. The van der Waals surface area contributed by atoms with Gasteiger partial charge >= 0.3 is 7.48 Å². The van der Waals surface area contributed by atoms with Crippen molar-refractivity contribution in [3.63, 3.8) is 0 Å². The van der Waals surface area contributed by atoms with Crippen LogP contribution in [0, 0.1) is 5.41 Å². The molecule has 1 aliphatic rings. The quantitative estimate of drug-likeness (QED) is 0.742. The van der Waals surface area contributed by atoms with Crippen molar-refractivity contribution >= 4 is 7.48 Å². The van der Waals surface area contributed by atoms with Crippen molar-refractivity contribution in [2.24, 2.45) is 5.41 Å². The smallest absolute Gasteiger partial charge is 0.326 e. The SMILES string of the molecule is CCCC1(C)CCOCCOCCOC([B]OC)COC1. The third-order valence-electron chi connectivity index (χ3n) is 3.66. The summed E-state index contributed by atoms with van der Waals surface area (Å²) < 4.78 is 27.7. The molecule has 0 aliphatic carbocycles. The molecule has 0 aromatic rings. The number of hydrogen-bond acceptors (Lipinski definition) is 5. The van der Waals surface area contributed by atoms with Gasteiger partial charge in [-0.2, -0.15) is 0 Å². The van der Waals surface area contributed by atoms with Crippen LogP contribution in [-0.4, -0.2) is 66.8 Å². The first-order chi connectivity index (χ1) is 10.2. The van der Waals surface area contributed by atoms with Crippen molar-refractivity contribution in [1.29, 1.82) is 0 Å². The van der Waals surface area contributed by atoms with E-state index in [0.29, 0.717) is 33.0 Å². The van der Waals surface area contributed by atoms with Gasteiger partial charge in [0.05, 0.1) is 45.6 Å². The molecule has 21 heavy (non-hydrogen) atoms. The monoisotopic (exact) mass is 301 g/mol. The largest absolute Gasteiger partial charge is 0.440 e. The van der Waals surface area contributed by atoms with Crippen LogP contribution in [0.15, 0.2) is 0 Å². The van der Waals surface area contributed by atoms with Crippen LogP contribution in [0.4, 0.5) is 0 Å². The van der Waals surface area contributed by atoms with E-state index < -0.39 is 0 Å². The molecule has 5 nitrogen and oxygen atoms in total. The van der Waals surface area contributed by atoms with Crippen LogP contribution in [0.5, 0.6) is 0 Å². The van der Waals surface area contributed by atoms with Gasteiger partial charge in [-0.15, -0.1) is 0 Å². The Kier molecular flexibility index (Phi) is 10.3. The molecule has 0 amide bonds. The second-order valence-electron chi connectivity index (χ2n) is 5.83. The van der Waals surface area contributed by atoms with E-state index in [4.69, 9.17) is 23.6 Å². The zero-order valence-electron chi connectivity index (χ0n) is 13.8. The molecule has 123 valence electrons. The van der Waals surface area contributed by atoms with E-state index in [1.807, 2.05) is 0 Å². The van der Waals surface area contributed by atoms with Crippen LogP contribution in [0.25, 0.3) is 0 Å². The van der Waals surface area contributed by atoms with Crippen LogP contribution in [0.1, 0.15) is 33.1 Å². The lowest BCUT2D eigenvalue weighted by atomic mass is 9.83. The molecular weight excluding hydrogens is 271 g/mol. The summed E-state index contributed by atoms with van der Waals surface area (Å²) in [5.41, 5.74) is 0.150. The zero-order valence-corrected chi connectivity index (χ0v) is 13.8. The van der Waals surface area contributed by atoms with Gasteiger partial charge in [-0.25, -0.2) is 0 Å². The Morgan fingerprint density at radius 1 is 1.10 bits per heavy atom. The van der Waals surface area contributed by atoms with Gasteiger partial charge in [0.15, 0.2) is 0 Å². The highest BCUT2D eigenvalue weighted by Gasteiger charge is 2.24. The number of hydrogen-bond donors (Lipinski definition) is 0. The van der Waals surface area contributed by atoms with Crippen LogP contribution in [-0.2, 0) is 23.6 Å². The highest BCUT2D eigenvalue weighted by atomic mass is 16.6. The van der Waals surface area contributed by atoms with Crippen molar-refractivity contribution in [3.05, 3.63) is 0 Å². The fraction of sp³-hybridized carbons (Fsp3) is 1.00. The summed E-state index contributed by atoms with van der Waals surface area (Å²) in [6.07, 6.45) is 3.28. The molecule has 2 atom stereocenters. The van der Waals surface area contributed by atoms with E-state index in [1.165, 1.54) is 0 Å². The minimum atomic E-state index is -0.149. The molecule has 0 aromatic carbocycles. The minimum Gasteiger partial charge on any atom is -0.440 e. The predicted molar refractivity (Wildman–Crippen MR) is 82.6 cm³/mol. The fourth-order valence-corrected chi connectivity index (χ4v) is 2.47. The van der Waals surface area contributed by atoms with E-state index in [1.54, 1.807) is 14.6 Å². The summed E-state index contributed by atoms with van der Waals surface area (Å²) in [7, 11) is 3.30. The van der Waals surface area contributed by atoms with E-state index in [-0.39, 0.29) is 11.4 Å². The first kappa shape index (κ1) is 18.9. The van der Waals surface area contributed by atoms with Crippen LogP contribution < -0.4 is 0 Å². The van der Waals surface area contributed by atoms with Gasteiger partial charge < -0.3 is 23.6 Å². The second kappa shape index (κ2) is 11.4. The number of ether oxygens (including phenoxy) is 4. The molecule has 6 heteroatoms. The Hall–Kier alpha value is -0.135. The molecule has 0 saturated carbocycles. The lowest BCUT2D eigenvalue weighted by Crippen LogP contribution is -2.33. The topological polar surface area (TPSA) is 46.2 Å². The van der Waals surface area contributed by atoms with E-state index in [0.717, 1.165) is 32.5 Å². The highest BCUT2D eigenvalue weighted by molar-refractivity contribution is 6.29. The average Bonchev–Trinajstić information content (AvgIpc) is 2.45. The van der Waals surface area contributed by atoms with Crippen molar-refractivity contribution in [2.75, 3.05) is 53.4 Å². The molecular formula is C15H30BO5. The summed E-state index contributed by atoms with van der Waals surface area (Å²) >= 11 is 0. The van der Waals surface area contributed by atoms with E-state index in [9.17, 15) is 0 Å². The average molecular weight is 301 g/mol. The lowest BCUT2D eigenvalue weighted by molar-refractivity contribution is -0.0501. The Labute approximate surface area is 129 Å². The molecule has 0 bridgehead atoms. The van der Waals surface area contributed by atoms with Gasteiger partial charge in [0, 0.05) is 13.7 Å². The molecule has 1 rings (SSSR count). The molecule has 0 aromatic heterocycles. The van der Waals surface area contributed by atoms with Crippen LogP contribution in [0.2, 0.25) is 0 Å². The standard InChI is InChI=1S/C15H30BO5/c1-4-5-15(2)6-7-18-8-9-19-10-11-21-14(16-17-3)12-20-13-15/h14H,4-13H2,1-3H3. The minimum absolute atomic E-state index is 0.149. The van der Waals surface area contributed by atoms with Gasteiger partial charge in [-0.3, -0.25) is 0 Å². The van der Waals surface area contributed by atoms with Crippen LogP contribution in [0.3, 0.4) is 0 Å². The summed E-state index contributed by atoms with van der Waals surface area (Å²) in [6.45, 7) is 8.79. The highest BCUT2D eigenvalue weighted by Crippen LogP contribution is 2.28. The van der Waals surface area contributed by atoms with Gasteiger partial charge in [-0.05, 0) is 18.3 Å². The van der Waals surface area contributed by atoms with E-state index in [2.05, 4.69) is 13.8 Å². The summed E-state index contributed by atoms with van der Waals surface area (Å²) in [5, 5.41) is 0. The summed E-state index contributed by atoms with van der Waals surface area (Å²) in [4.78, 5) is 0. The molecule has 1 fully saturated rings. The molecule has 0 N–H and O–H groups in total. The molecule has 1 aliphatic heterocycles. The van der Waals surface area contributed by atoms with Gasteiger partial charge in [-0.1, -0.05) is 20.3 Å². The Bertz CT molecular complexity index is 254. The van der Waals surface area contributed by atoms with Gasteiger partial charge in [0.25, 0.3) is 0 Å². The van der Waals surface area contributed by atoms with Crippen molar-refractivity contribution in [2.45, 2.75) is 39.1 Å². The molecule has 1 radical (unpaired) electrons. The third kappa shape index (κ3) is 8.78. The number of rotatable bonds is 4. The normalized spacial score (nSPS) is 30.5.